The van der Waals surface area contributed by atoms with E-state index in [2.05, 4.69) is 9.88 Å². The number of rotatable bonds is 3. The Morgan fingerprint density at radius 2 is 2.65 bits per heavy atom. The van der Waals surface area contributed by atoms with Gasteiger partial charge in [-0.25, -0.2) is 0 Å². The molecule has 3 heterocycles. The van der Waals surface area contributed by atoms with E-state index < -0.39 is 0 Å². The first-order valence-electron chi connectivity index (χ1n) is 5.80. The summed E-state index contributed by atoms with van der Waals surface area (Å²) in [5.41, 5.74) is 0. The molecule has 2 fully saturated rings. The van der Waals surface area contributed by atoms with Gasteiger partial charge in [0.05, 0.1) is 24.1 Å². The van der Waals surface area contributed by atoms with Crippen molar-refractivity contribution in [3.8, 4) is 5.88 Å². The van der Waals surface area contributed by atoms with Crippen molar-refractivity contribution in [1.29, 1.82) is 0 Å². The van der Waals surface area contributed by atoms with Crippen molar-refractivity contribution < 1.29 is 14.3 Å². The van der Waals surface area contributed by atoms with Crippen LogP contribution in [0.3, 0.4) is 0 Å². The average molecular weight is 254 g/mol. The second-order valence-electron chi connectivity index (χ2n) is 4.29. The predicted octanol–water partition coefficient (Wildman–Crippen LogP) is 1.44. The normalized spacial score (nSPS) is 26.5. The largest absolute Gasteiger partial charge is 0.406 e. The zero-order chi connectivity index (χ0) is 11.8. The van der Waals surface area contributed by atoms with Crippen molar-refractivity contribution in [2.45, 2.75) is 31.9 Å². The van der Waals surface area contributed by atoms with E-state index >= 15 is 0 Å². The molecule has 3 rings (SSSR count). The molecule has 0 aliphatic carbocycles. The van der Waals surface area contributed by atoms with Crippen molar-refractivity contribution in [2.24, 2.45) is 0 Å². The van der Waals surface area contributed by atoms with Crippen LogP contribution < -0.4 is 9.64 Å². The highest BCUT2D eigenvalue weighted by molar-refractivity contribution is 7.13. The lowest BCUT2D eigenvalue weighted by molar-refractivity contribution is -0.134. The van der Waals surface area contributed by atoms with E-state index in [0.29, 0.717) is 24.4 Å². The fourth-order valence-corrected chi connectivity index (χ4v) is 3.06. The number of morpholine rings is 1. The van der Waals surface area contributed by atoms with Gasteiger partial charge in [-0.1, -0.05) is 6.92 Å². The third-order valence-corrected chi connectivity index (χ3v) is 3.98. The van der Waals surface area contributed by atoms with Gasteiger partial charge in [-0.2, -0.15) is 4.98 Å². The summed E-state index contributed by atoms with van der Waals surface area (Å²) in [5.74, 6) is 0.175. The van der Waals surface area contributed by atoms with Gasteiger partial charge in [-0.15, -0.1) is 11.3 Å². The van der Waals surface area contributed by atoms with Gasteiger partial charge in [-0.3, -0.25) is 4.79 Å². The van der Waals surface area contributed by atoms with Crippen LogP contribution in [-0.4, -0.2) is 36.3 Å². The van der Waals surface area contributed by atoms with E-state index in [1.54, 1.807) is 12.3 Å². The molecule has 2 atom stereocenters. The van der Waals surface area contributed by atoms with Crippen molar-refractivity contribution in [2.75, 3.05) is 18.1 Å². The smallest absolute Gasteiger partial charge is 0.312 e. The molecular formula is C11H14N2O3S. The Hall–Kier alpha value is -1.14. The highest BCUT2D eigenvalue weighted by Gasteiger charge is 2.40. The fraction of sp³-hybridized carbons (Fsp3) is 0.636. The molecule has 0 unspecified atom stereocenters. The Kier molecular flexibility index (Phi) is 2.76. The number of carbonyl (C=O) groups excluding carboxylic acids is 1. The van der Waals surface area contributed by atoms with Gasteiger partial charge in [0.1, 0.15) is 0 Å². The topological polar surface area (TPSA) is 51.7 Å². The SMILES string of the molecule is CCC(=O)Oc1csc(N2C[C@@H]3C[C@H]2CO3)n1. The van der Waals surface area contributed by atoms with Gasteiger partial charge in [0.15, 0.2) is 5.13 Å². The Balaban J connectivity index is 1.70. The van der Waals surface area contributed by atoms with Gasteiger partial charge in [0.2, 0.25) is 5.88 Å². The zero-order valence-corrected chi connectivity index (χ0v) is 10.4. The van der Waals surface area contributed by atoms with Gasteiger partial charge in [-0.05, 0) is 6.42 Å². The average Bonchev–Trinajstić information content (AvgIpc) is 3.03. The molecule has 0 spiro atoms. The molecule has 2 saturated heterocycles. The monoisotopic (exact) mass is 254 g/mol. The first kappa shape index (κ1) is 11.0. The molecule has 17 heavy (non-hydrogen) atoms. The fourth-order valence-electron chi connectivity index (χ4n) is 2.25. The molecule has 2 aliphatic heterocycles. The lowest BCUT2D eigenvalue weighted by atomic mass is 10.2. The van der Waals surface area contributed by atoms with Crippen LogP contribution in [0, 0.1) is 0 Å². The number of fused-ring (bicyclic) bond motifs is 2. The van der Waals surface area contributed by atoms with Crippen molar-refractivity contribution in [3.05, 3.63) is 5.38 Å². The van der Waals surface area contributed by atoms with Crippen LogP contribution in [0.2, 0.25) is 0 Å². The summed E-state index contributed by atoms with van der Waals surface area (Å²) >= 11 is 1.52. The van der Waals surface area contributed by atoms with E-state index in [-0.39, 0.29) is 5.97 Å². The number of nitrogens with zero attached hydrogens (tertiary/aromatic N) is 2. The summed E-state index contributed by atoms with van der Waals surface area (Å²) in [6, 6.07) is 0.445. The minimum absolute atomic E-state index is 0.242. The van der Waals surface area contributed by atoms with Crippen LogP contribution in [0.25, 0.3) is 0 Å². The first-order valence-corrected chi connectivity index (χ1v) is 6.68. The Bertz CT molecular complexity index is 434. The van der Waals surface area contributed by atoms with Gasteiger partial charge in [0, 0.05) is 13.0 Å². The van der Waals surface area contributed by atoms with E-state index in [1.165, 1.54) is 11.3 Å². The van der Waals surface area contributed by atoms with Crippen LogP contribution in [0.4, 0.5) is 5.13 Å². The van der Waals surface area contributed by atoms with E-state index in [1.807, 2.05) is 0 Å². The van der Waals surface area contributed by atoms with Crippen LogP contribution in [-0.2, 0) is 9.53 Å². The maximum atomic E-state index is 11.1. The maximum Gasteiger partial charge on any atom is 0.312 e. The molecule has 2 aliphatic rings. The third-order valence-electron chi connectivity index (χ3n) is 3.12. The van der Waals surface area contributed by atoms with Crippen molar-refractivity contribution in [1.82, 2.24) is 4.98 Å². The summed E-state index contributed by atoms with van der Waals surface area (Å²) < 4.78 is 10.6. The summed E-state index contributed by atoms with van der Waals surface area (Å²) in [6.07, 6.45) is 1.81. The Morgan fingerprint density at radius 1 is 1.76 bits per heavy atom. The molecule has 6 heteroatoms. The second kappa shape index (κ2) is 4.27. The van der Waals surface area contributed by atoms with Crippen LogP contribution in [0.15, 0.2) is 5.38 Å². The molecule has 5 nitrogen and oxygen atoms in total. The standard InChI is InChI=1S/C11H14N2O3S/c1-2-10(14)16-9-6-17-11(12-9)13-4-8-3-7(13)5-15-8/h6-8H,2-5H2,1H3/t7-,8-/m0/s1. The summed E-state index contributed by atoms with van der Waals surface area (Å²) in [4.78, 5) is 17.7. The first-order chi connectivity index (χ1) is 8.26. The van der Waals surface area contributed by atoms with Crippen LogP contribution in [0.1, 0.15) is 19.8 Å². The lowest BCUT2D eigenvalue weighted by Crippen LogP contribution is -2.36. The van der Waals surface area contributed by atoms with Crippen LogP contribution >= 0.6 is 11.3 Å². The van der Waals surface area contributed by atoms with Gasteiger partial charge >= 0.3 is 5.97 Å². The number of aromatic nitrogens is 1. The number of thiazole rings is 1. The number of hydrogen-bond acceptors (Lipinski definition) is 6. The van der Waals surface area contributed by atoms with E-state index in [9.17, 15) is 4.79 Å². The van der Waals surface area contributed by atoms with E-state index in [4.69, 9.17) is 9.47 Å². The lowest BCUT2D eigenvalue weighted by Gasteiger charge is -2.25. The minimum Gasteiger partial charge on any atom is -0.406 e. The molecule has 1 aromatic rings. The molecule has 2 bridgehead atoms. The predicted molar refractivity (Wildman–Crippen MR) is 63.5 cm³/mol. The molecular weight excluding hydrogens is 240 g/mol. The highest BCUT2D eigenvalue weighted by atomic mass is 32.1. The molecule has 92 valence electrons. The minimum atomic E-state index is -0.242. The van der Waals surface area contributed by atoms with Crippen molar-refractivity contribution in [3.63, 3.8) is 0 Å². The highest BCUT2D eigenvalue weighted by Crippen LogP contribution is 2.35. The molecule has 1 aromatic heterocycles. The zero-order valence-electron chi connectivity index (χ0n) is 9.59. The van der Waals surface area contributed by atoms with Gasteiger partial charge < -0.3 is 14.4 Å². The van der Waals surface area contributed by atoms with Crippen LogP contribution in [0.5, 0.6) is 5.88 Å². The maximum absolute atomic E-state index is 11.1. The van der Waals surface area contributed by atoms with Crippen molar-refractivity contribution >= 4 is 22.4 Å². The number of ether oxygens (including phenoxy) is 2. The van der Waals surface area contributed by atoms with Gasteiger partial charge in [0.25, 0.3) is 0 Å². The molecule has 0 radical (unpaired) electrons. The number of anilines is 1. The molecule has 0 saturated carbocycles. The summed E-state index contributed by atoms with van der Waals surface area (Å²) in [6.45, 7) is 3.46. The third kappa shape index (κ3) is 2.02. The number of carbonyl (C=O) groups is 1. The molecule has 0 amide bonds. The Morgan fingerprint density at radius 3 is 3.29 bits per heavy atom. The summed E-state index contributed by atoms with van der Waals surface area (Å²) in [5, 5.41) is 2.72. The second-order valence-corrected chi connectivity index (χ2v) is 5.13. The number of esters is 1. The summed E-state index contributed by atoms with van der Waals surface area (Å²) in [7, 11) is 0. The van der Waals surface area contributed by atoms with E-state index in [0.717, 1.165) is 24.7 Å². The molecule has 0 N–H and O–H groups in total. The molecule has 0 aromatic carbocycles. The quantitative estimate of drug-likeness (QED) is 0.764. The number of hydrogen-bond donors (Lipinski definition) is 0. The Labute approximate surface area is 103 Å².